The lowest BCUT2D eigenvalue weighted by molar-refractivity contribution is 0.280. The van der Waals surface area contributed by atoms with Crippen molar-refractivity contribution in [2.45, 2.75) is 20.0 Å². The molecule has 0 spiro atoms. The van der Waals surface area contributed by atoms with Crippen LogP contribution in [0.1, 0.15) is 17.7 Å². The van der Waals surface area contributed by atoms with E-state index >= 15 is 0 Å². The molecule has 0 saturated heterocycles. The van der Waals surface area contributed by atoms with Crippen LogP contribution in [-0.4, -0.2) is 54.2 Å². The number of hydrogen-bond donors (Lipinski definition) is 1. The highest BCUT2D eigenvalue weighted by atomic mass is 16.3. The zero-order valence-electron chi connectivity index (χ0n) is 11.1. The lowest BCUT2D eigenvalue weighted by Crippen LogP contribution is -2.25. The first-order valence-corrected chi connectivity index (χ1v) is 5.84. The molecule has 0 aliphatic carbocycles. The summed E-state index contributed by atoms with van der Waals surface area (Å²) < 4.78 is 0. The van der Waals surface area contributed by atoms with Gasteiger partial charge in [-0.25, -0.2) is 9.97 Å². The average molecular weight is 238 g/mol. The van der Waals surface area contributed by atoms with Gasteiger partial charge in [0.25, 0.3) is 0 Å². The van der Waals surface area contributed by atoms with Gasteiger partial charge in [0.2, 0.25) is 5.95 Å². The molecule has 0 fully saturated rings. The predicted octanol–water partition coefficient (Wildman–Crippen LogP) is 0.665. The molecule has 5 heteroatoms. The van der Waals surface area contributed by atoms with Crippen molar-refractivity contribution >= 4 is 5.95 Å². The Balaban J connectivity index is 2.57. The van der Waals surface area contributed by atoms with Gasteiger partial charge in [-0.3, -0.25) is 0 Å². The van der Waals surface area contributed by atoms with E-state index in [1.165, 1.54) is 0 Å². The highest BCUT2D eigenvalue weighted by molar-refractivity contribution is 5.31. The van der Waals surface area contributed by atoms with Gasteiger partial charge >= 0.3 is 0 Å². The smallest absolute Gasteiger partial charge is 0.225 e. The van der Waals surface area contributed by atoms with Crippen molar-refractivity contribution < 1.29 is 5.11 Å². The van der Waals surface area contributed by atoms with E-state index in [0.717, 1.165) is 36.7 Å². The Bertz CT molecular complexity index is 354. The van der Waals surface area contributed by atoms with E-state index in [1.54, 1.807) is 6.20 Å². The third-order valence-corrected chi connectivity index (χ3v) is 2.68. The summed E-state index contributed by atoms with van der Waals surface area (Å²) in [5, 5.41) is 9.05. The van der Waals surface area contributed by atoms with Crippen LogP contribution in [0.3, 0.4) is 0 Å². The van der Waals surface area contributed by atoms with Gasteiger partial charge in [0.1, 0.15) is 0 Å². The van der Waals surface area contributed by atoms with E-state index in [1.807, 2.05) is 18.9 Å². The minimum atomic E-state index is -0.00351. The van der Waals surface area contributed by atoms with Crippen LogP contribution in [0.5, 0.6) is 0 Å². The molecule has 0 radical (unpaired) electrons. The SMILES string of the molecule is Cc1nc(N(C)CCCN(C)C)ncc1CO. The summed E-state index contributed by atoms with van der Waals surface area (Å²) in [4.78, 5) is 12.8. The molecule has 0 unspecified atom stereocenters. The largest absolute Gasteiger partial charge is 0.392 e. The highest BCUT2D eigenvalue weighted by Gasteiger charge is 2.06. The summed E-state index contributed by atoms with van der Waals surface area (Å²) in [5.74, 6) is 0.721. The second-order valence-electron chi connectivity index (χ2n) is 4.52. The number of aromatic nitrogens is 2. The molecule has 1 aromatic rings. The second kappa shape index (κ2) is 6.51. The van der Waals surface area contributed by atoms with Gasteiger partial charge < -0.3 is 14.9 Å². The lowest BCUT2D eigenvalue weighted by Gasteiger charge is -2.19. The first-order chi connectivity index (χ1) is 8.04. The summed E-state index contributed by atoms with van der Waals surface area (Å²) in [6, 6.07) is 0. The van der Waals surface area contributed by atoms with Gasteiger partial charge in [0.05, 0.1) is 6.61 Å². The molecule has 0 bridgehead atoms. The number of aryl methyl sites for hydroxylation is 1. The molecule has 1 heterocycles. The van der Waals surface area contributed by atoms with Crippen LogP contribution in [0, 0.1) is 6.92 Å². The Morgan fingerprint density at radius 1 is 1.24 bits per heavy atom. The summed E-state index contributed by atoms with van der Waals surface area (Å²) in [6.07, 6.45) is 2.77. The fraction of sp³-hybridized carbons (Fsp3) is 0.667. The van der Waals surface area contributed by atoms with Gasteiger partial charge in [-0.15, -0.1) is 0 Å². The lowest BCUT2D eigenvalue weighted by atomic mass is 10.2. The van der Waals surface area contributed by atoms with Crippen LogP contribution in [-0.2, 0) is 6.61 Å². The number of rotatable bonds is 6. The van der Waals surface area contributed by atoms with Gasteiger partial charge in [0, 0.05) is 31.0 Å². The summed E-state index contributed by atoms with van der Waals surface area (Å²) in [6.45, 7) is 3.87. The number of hydrogen-bond acceptors (Lipinski definition) is 5. The van der Waals surface area contributed by atoms with E-state index in [9.17, 15) is 0 Å². The van der Waals surface area contributed by atoms with Crippen molar-refractivity contribution in [3.05, 3.63) is 17.5 Å². The van der Waals surface area contributed by atoms with Crippen molar-refractivity contribution in [2.75, 3.05) is 39.1 Å². The minimum Gasteiger partial charge on any atom is -0.392 e. The molecule has 0 atom stereocenters. The molecule has 96 valence electrons. The average Bonchev–Trinajstić information content (AvgIpc) is 2.28. The monoisotopic (exact) mass is 238 g/mol. The normalized spacial score (nSPS) is 10.9. The summed E-state index contributed by atoms with van der Waals surface area (Å²) in [7, 11) is 6.12. The fourth-order valence-electron chi connectivity index (χ4n) is 1.54. The van der Waals surface area contributed by atoms with E-state index in [0.29, 0.717) is 0 Å². The van der Waals surface area contributed by atoms with Gasteiger partial charge in [0.15, 0.2) is 0 Å². The molecule has 17 heavy (non-hydrogen) atoms. The summed E-state index contributed by atoms with van der Waals surface area (Å²) in [5.41, 5.74) is 1.63. The van der Waals surface area contributed by atoms with Crippen LogP contribution in [0.4, 0.5) is 5.95 Å². The van der Waals surface area contributed by atoms with Gasteiger partial charge in [-0.2, -0.15) is 0 Å². The molecule has 0 aliphatic rings. The van der Waals surface area contributed by atoms with E-state index in [-0.39, 0.29) is 6.61 Å². The third kappa shape index (κ3) is 4.28. The molecule has 0 aromatic carbocycles. The number of nitrogens with zero attached hydrogens (tertiary/aromatic N) is 4. The first-order valence-electron chi connectivity index (χ1n) is 5.84. The quantitative estimate of drug-likeness (QED) is 0.789. The van der Waals surface area contributed by atoms with Crippen LogP contribution < -0.4 is 4.90 Å². The maximum Gasteiger partial charge on any atom is 0.225 e. The number of anilines is 1. The maximum absolute atomic E-state index is 9.05. The van der Waals surface area contributed by atoms with Crippen molar-refractivity contribution in [1.82, 2.24) is 14.9 Å². The van der Waals surface area contributed by atoms with Crippen molar-refractivity contribution in [2.24, 2.45) is 0 Å². The second-order valence-corrected chi connectivity index (χ2v) is 4.52. The molecule has 1 rings (SSSR count). The standard InChI is InChI=1S/C12H22N4O/c1-10-11(9-17)8-13-12(14-10)16(4)7-5-6-15(2)3/h8,17H,5-7,9H2,1-4H3. The fourth-order valence-corrected chi connectivity index (χ4v) is 1.54. The Morgan fingerprint density at radius 3 is 2.47 bits per heavy atom. The van der Waals surface area contributed by atoms with E-state index in [2.05, 4.69) is 29.0 Å². The van der Waals surface area contributed by atoms with Crippen molar-refractivity contribution in [3.63, 3.8) is 0 Å². The Morgan fingerprint density at radius 2 is 1.94 bits per heavy atom. The van der Waals surface area contributed by atoms with Crippen LogP contribution in [0.2, 0.25) is 0 Å². The summed E-state index contributed by atoms with van der Waals surface area (Å²) >= 11 is 0. The predicted molar refractivity (Wildman–Crippen MR) is 69.1 cm³/mol. The highest BCUT2D eigenvalue weighted by Crippen LogP contribution is 2.10. The molecule has 1 aromatic heterocycles. The topological polar surface area (TPSA) is 52.5 Å². The first kappa shape index (κ1) is 13.9. The molecule has 0 aliphatic heterocycles. The number of aliphatic hydroxyl groups excluding tert-OH is 1. The number of aliphatic hydroxyl groups is 1. The molecular weight excluding hydrogens is 216 g/mol. The molecule has 0 amide bonds. The van der Waals surface area contributed by atoms with Gasteiger partial charge in [-0.05, 0) is 34.0 Å². The van der Waals surface area contributed by atoms with Crippen molar-refractivity contribution in [1.29, 1.82) is 0 Å². The molecule has 1 N–H and O–H groups in total. The third-order valence-electron chi connectivity index (χ3n) is 2.68. The van der Waals surface area contributed by atoms with E-state index < -0.39 is 0 Å². The molecule has 5 nitrogen and oxygen atoms in total. The van der Waals surface area contributed by atoms with Crippen LogP contribution >= 0.6 is 0 Å². The zero-order chi connectivity index (χ0) is 12.8. The van der Waals surface area contributed by atoms with Gasteiger partial charge in [-0.1, -0.05) is 0 Å². The maximum atomic E-state index is 9.05. The Kier molecular flexibility index (Phi) is 5.31. The molecule has 0 saturated carbocycles. The van der Waals surface area contributed by atoms with Crippen LogP contribution in [0.15, 0.2) is 6.20 Å². The van der Waals surface area contributed by atoms with Crippen molar-refractivity contribution in [3.8, 4) is 0 Å². The Labute approximate surface area is 103 Å². The zero-order valence-corrected chi connectivity index (χ0v) is 11.1. The van der Waals surface area contributed by atoms with Crippen LogP contribution in [0.25, 0.3) is 0 Å². The minimum absolute atomic E-state index is 0.00351. The molecular formula is C12H22N4O. The van der Waals surface area contributed by atoms with E-state index in [4.69, 9.17) is 5.11 Å². The Hall–Kier alpha value is -1.20.